The van der Waals surface area contributed by atoms with Gasteiger partial charge in [-0.3, -0.25) is 9.59 Å². The van der Waals surface area contributed by atoms with Gasteiger partial charge in [-0.05, 0) is 6.42 Å². The molecule has 2 fully saturated rings. The summed E-state index contributed by atoms with van der Waals surface area (Å²) in [6, 6.07) is 0. The van der Waals surface area contributed by atoms with E-state index in [1.165, 1.54) is 11.8 Å². The van der Waals surface area contributed by atoms with E-state index in [1.807, 2.05) is 13.8 Å². The first-order valence-corrected chi connectivity index (χ1v) is 6.48. The standard InChI is InChI=1S/C11H13ClO3S/c1-10(2)7(11(10,12)9(14)15)5-6-3-4-16-8(6)13/h5,7H,3-4H2,1-2H3,(H,14,15)/t7-,11-/m0/s1. The first-order valence-electron chi connectivity index (χ1n) is 5.12. The average molecular weight is 261 g/mol. The average Bonchev–Trinajstić information content (AvgIpc) is 2.50. The van der Waals surface area contributed by atoms with Gasteiger partial charge in [-0.25, -0.2) is 0 Å². The molecule has 1 N–H and O–H groups in total. The molecular formula is C11H13ClO3S. The molecule has 3 nitrogen and oxygen atoms in total. The van der Waals surface area contributed by atoms with E-state index < -0.39 is 16.3 Å². The zero-order chi connectivity index (χ0) is 12.1. The Balaban J connectivity index is 2.26. The molecule has 0 bridgehead atoms. The molecule has 0 aromatic carbocycles. The van der Waals surface area contributed by atoms with Crippen molar-refractivity contribution in [3.63, 3.8) is 0 Å². The Kier molecular flexibility index (Phi) is 2.63. The minimum atomic E-state index is -1.24. The van der Waals surface area contributed by atoms with Crippen molar-refractivity contribution in [2.45, 2.75) is 25.1 Å². The molecular weight excluding hydrogens is 248 g/mol. The third-order valence-electron chi connectivity index (χ3n) is 3.61. The van der Waals surface area contributed by atoms with E-state index in [0.29, 0.717) is 0 Å². The molecule has 0 aromatic heterocycles. The highest BCUT2D eigenvalue weighted by atomic mass is 35.5. The zero-order valence-electron chi connectivity index (χ0n) is 9.12. The van der Waals surface area contributed by atoms with Gasteiger partial charge in [0.2, 0.25) is 5.12 Å². The largest absolute Gasteiger partial charge is 0.480 e. The Labute approximate surface area is 103 Å². The minimum absolute atomic E-state index is 0.0621. The van der Waals surface area contributed by atoms with E-state index in [2.05, 4.69) is 0 Å². The molecule has 2 rings (SSSR count). The third-order valence-corrected chi connectivity index (χ3v) is 5.42. The number of carboxylic acids is 1. The number of halogens is 1. The van der Waals surface area contributed by atoms with Gasteiger partial charge in [-0.1, -0.05) is 31.7 Å². The van der Waals surface area contributed by atoms with Gasteiger partial charge in [0, 0.05) is 22.7 Å². The molecule has 88 valence electrons. The van der Waals surface area contributed by atoms with Crippen LogP contribution in [0, 0.1) is 11.3 Å². The van der Waals surface area contributed by atoms with Crippen LogP contribution >= 0.6 is 23.4 Å². The summed E-state index contributed by atoms with van der Waals surface area (Å²) in [5.74, 6) is -0.462. The quantitative estimate of drug-likeness (QED) is 0.611. The van der Waals surface area contributed by atoms with Crippen LogP contribution in [0.3, 0.4) is 0 Å². The summed E-state index contributed by atoms with van der Waals surface area (Å²) in [5.41, 5.74) is 0.243. The molecule has 1 saturated carbocycles. The van der Waals surface area contributed by atoms with Gasteiger partial charge in [-0.15, -0.1) is 11.6 Å². The normalized spacial score (nSPS) is 39.1. The number of thioether (sulfide) groups is 1. The van der Waals surface area contributed by atoms with E-state index in [-0.39, 0.29) is 11.0 Å². The van der Waals surface area contributed by atoms with Gasteiger partial charge in [0.05, 0.1) is 0 Å². The van der Waals surface area contributed by atoms with Crippen LogP contribution in [0.4, 0.5) is 0 Å². The van der Waals surface area contributed by atoms with Crippen molar-refractivity contribution in [2.24, 2.45) is 11.3 Å². The Morgan fingerprint density at radius 3 is 2.62 bits per heavy atom. The monoisotopic (exact) mass is 260 g/mol. The molecule has 0 aromatic rings. The number of carboxylic acid groups (broad SMARTS) is 1. The van der Waals surface area contributed by atoms with Gasteiger partial charge < -0.3 is 5.11 Å². The van der Waals surface area contributed by atoms with Crippen LogP contribution in [0.1, 0.15) is 20.3 Å². The highest BCUT2D eigenvalue weighted by Crippen LogP contribution is 2.67. The second-order valence-electron chi connectivity index (χ2n) is 4.79. The van der Waals surface area contributed by atoms with Crippen LogP contribution in [-0.2, 0) is 9.59 Å². The molecule has 0 spiro atoms. The molecule has 5 heteroatoms. The highest BCUT2D eigenvalue weighted by Gasteiger charge is 2.74. The molecule has 1 aliphatic heterocycles. The summed E-state index contributed by atoms with van der Waals surface area (Å²) in [5, 5.41) is 9.17. The van der Waals surface area contributed by atoms with Crippen molar-refractivity contribution < 1.29 is 14.7 Å². The molecule has 0 radical (unpaired) electrons. The van der Waals surface area contributed by atoms with Crippen molar-refractivity contribution in [2.75, 3.05) is 5.75 Å². The Hall–Kier alpha value is -0.480. The van der Waals surface area contributed by atoms with E-state index in [4.69, 9.17) is 16.7 Å². The number of aliphatic carboxylic acids is 1. The molecule has 2 atom stereocenters. The molecule has 0 amide bonds. The Bertz CT molecular complexity index is 402. The van der Waals surface area contributed by atoms with Crippen molar-refractivity contribution >= 4 is 34.4 Å². The maximum absolute atomic E-state index is 11.4. The number of carbonyl (C=O) groups excluding carboxylic acids is 1. The van der Waals surface area contributed by atoms with Gasteiger partial charge in [-0.2, -0.15) is 0 Å². The fraction of sp³-hybridized carbons (Fsp3) is 0.636. The lowest BCUT2D eigenvalue weighted by Gasteiger charge is -2.03. The summed E-state index contributed by atoms with van der Waals surface area (Å²) in [4.78, 5) is 21.3. The van der Waals surface area contributed by atoms with Gasteiger partial charge >= 0.3 is 5.97 Å². The SMILES string of the molecule is CC1(C)[C@H](C=C2CCSC2=O)[C@]1(Cl)C(=O)O. The lowest BCUT2D eigenvalue weighted by atomic mass is 10.1. The lowest BCUT2D eigenvalue weighted by Crippen LogP contribution is -2.21. The number of alkyl halides is 1. The van der Waals surface area contributed by atoms with Crippen molar-refractivity contribution in [3.8, 4) is 0 Å². The first kappa shape index (κ1) is 12.0. The maximum Gasteiger partial charge on any atom is 0.325 e. The molecule has 1 heterocycles. The number of rotatable bonds is 2. The topological polar surface area (TPSA) is 54.4 Å². The fourth-order valence-corrected chi connectivity index (χ4v) is 3.54. The smallest absolute Gasteiger partial charge is 0.325 e. The van der Waals surface area contributed by atoms with E-state index >= 15 is 0 Å². The number of carbonyl (C=O) groups is 2. The second-order valence-corrected chi connectivity index (χ2v) is 6.46. The number of allylic oxidation sites excluding steroid dienone is 1. The zero-order valence-corrected chi connectivity index (χ0v) is 10.7. The van der Waals surface area contributed by atoms with Gasteiger partial charge in [0.25, 0.3) is 0 Å². The van der Waals surface area contributed by atoms with Crippen molar-refractivity contribution in [1.29, 1.82) is 0 Å². The number of hydrogen-bond acceptors (Lipinski definition) is 3. The lowest BCUT2D eigenvalue weighted by molar-refractivity contribution is -0.138. The number of hydrogen-bond donors (Lipinski definition) is 1. The van der Waals surface area contributed by atoms with Crippen LogP contribution in [0.25, 0.3) is 0 Å². The van der Waals surface area contributed by atoms with E-state index in [1.54, 1.807) is 6.08 Å². The van der Waals surface area contributed by atoms with Gasteiger partial charge in [0.15, 0.2) is 4.87 Å². The summed E-state index contributed by atoms with van der Waals surface area (Å²) in [6.45, 7) is 3.64. The van der Waals surface area contributed by atoms with Crippen LogP contribution in [0.5, 0.6) is 0 Å². The molecule has 1 saturated heterocycles. The molecule has 2 aliphatic rings. The van der Waals surface area contributed by atoms with Crippen molar-refractivity contribution in [3.05, 3.63) is 11.6 Å². The van der Waals surface area contributed by atoms with E-state index in [9.17, 15) is 9.59 Å². The summed E-state index contributed by atoms with van der Waals surface area (Å²) in [6.07, 6.45) is 2.49. The summed E-state index contributed by atoms with van der Waals surface area (Å²) in [7, 11) is 0. The van der Waals surface area contributed by atoms with Crippen LogP contribution in [0.2, 0.25) is 0 Å². The van der Waals surface area contributed by atoms with E-state index in [0.717, 1.165) is 17.7 Å². The maximum atomic E-state index is 11.4. The predicted molar refractivity (Wildman–Crippen MR) is 63.7 cm³/mol. The Morgan fingerprint density at radius 1 is 1.62 bits per heavy atom. The molecule has 16 heavy (non-hydrogen) atoms. The fourth-order valence-electron chi connectivity index (χ4n) is 2.28. The second kappa shape index (κ2) is 3.50. The minimum Gasteiger partial charge on any atom is -0.480 e. The van der Waals surface area contributed by atoms with Crippen LogP contribution in [-0.4, -0.2) is 26.8 Å². The van der Waals surface area contributed by atoms with Crippen molar-refractivity contribution in [1.82, 2.24) is 0 Å². The van der Waals surface area contributed by atoms with Crippen LogP contribution in [0.15, 0.2) is 11.6 Å². The molecule has 0 unspecified atom stereocenters. The predicted octanol–water partition coefficient (Wildman–Crippen LogP) is 2.29. The third kappa shape index (κ3) is 1.43. The first-order chi connectivity index (χ1) is 7.31. The highest BCUT2D eigenvalue weighted by molar-refractivity contribution is 8.14. The van der Waals surface area contributed by atoms with Gasteiger partial charge in [0.1, 0.15) is 0 Å². The Morgan fingerprint density at radius 2 is 2.25 bits per heavy atom. The molecule has 1 aliphatic carbocycles. The summed E-state index contributed by atoms with van der Waals surface area (Å²) >= 11 is 7.39. The van der Waals surface area contributed by atoms with Crippen LogP contribution < -0.4 is 0 Å². The summed E-state index contributed by atoms with van der Waals surface area (Å²) < 4.78 is 0.